The predicted octanol–water partition coefficient (Wildman–Crippen LogP) is 4.21. The number of fused-ring (bicyclic) bond motifs is 1. The van der Waals surface area contributed by atoms with Gasteiger partial charge in [-0.2, -0.15) is 13.2 Å². The van der Waals surface area contributed by atoms with E-state index in [2.05, 4.69) is 9.97 Å². The molecular weight excluding hydrogens is 394 g/mol. The van der Waals surface area contributed by atoms with Crippen LogP contribution in [-0.2, 0) is 25.7 Å². The molecule has 0 saturated heterocycles. The number of benzene rings is 1. The standard InChI is InChI=1S/C19H15F4N3OS/c20-16-11(3-1-4-13(16)19(21,22)23)9-26-7-6-12-14(10-26)24-17(25-18(12)27)15-5-2-8-28-15/h1-5,8H,6-7,9-10H2,(H,24,25,27). The van der Waals surface area contributed by atoms with Crippen LogP contribution in [0.15, 0.2) is 40.5 Å². The maximum Gasteiger partial charge on any atom is 0.419 e. The highest BCUT2D eigenvalue weighted by atomic mass is 32.1. The number of alkyl halides is 3. The monoisotopic (exact) mass is 409 g/mol. The number of aromatic nitrogens is 2. The Morgan fingerprint density at radius 2 is 2.04 bits per heavy atom. The number of thiophene rings is 1. The lowest BCUT2D eigenvalue weighted by Gasteiger charge is -2.28. The molecule has 1 aliphatic heterocycles. The molecule has 0 saturated carbocycles. The van der Waals surface area contributed by atoms with Gasteiger partial charge >= 0.3 is 6.18 Å². The average molecular weight is 409 g/mol. The molecule has 4 nitrogen and oxygen atoms in total. The van der Waals surface area contributed by atoms with Crippen LogP contribution in [0.1, 0.15) is 22.4 Å². The highest BCUT2D eigenvalue weighted by Gasteiger charge is 2.35. The van der Waals surface area contributed by atoms with Crippen LogP contribution >= 0.6 is 11.3 Å². The van der Waals surface area contributed by atoms with Crippen LogP contribution in [-0.4, -0.2) is 21.4 Å². The quantitative estimate of drug-likeness (QED) is 0.660. The van der Waals surface area contributed by atoms with Crippen molar-refractivity contribution in [2.75, 3.05) is 6.54 Å². The van der Waals surface area contributed by atoms with Gasteiger partial charge in [0.2, 0.25) is 0 Å². The molecule has 146 valence electrons. The second-order valence-corrected chi connectivity index (χ2v) is 7.50. The van der Waals surface area contributed by atoms with Gasteiger partial charge in [-0.15, -0.1) is 11.3 Å². The number of rotatable bonds is 3. The molecule has 28 heavy (non-hydrogen) atoms. The zero-order chi connectivity index (χ0) is 19.9. The molecule has 0 fully saturated rings. The van der Waals surface area contributed by atoms with Crippen molar-refractivity contribution in [3.05, 3.63) is 74.3 Å². The molecule has 1 N–H and O–H groups in total. The first-order valence-corrected chi connectivity index (χ1v) is 9.44. The first kappa shape index (κ1) is 18.8. The van der Waals surface area contributed by atoms with Crippen LogP contribution in [0.2, 0.25) is 0 Å². The summed E-state index contributed by atoms with van der Waals surface area (Å²) in [5.41, 5.74) is -0.358. The van der Waals surface area contributed by atoms with E-state index in [0.717, 1.165) is 10.9 Å². The Hall–Kier alpha value is -2.52. The van der Waals surface area contributed by atoms with E-state index in [-0.39, 0.29) is 24.2 Å². The summed E-state index contributed by atoms with van der Waals surface area (Å²) in [6.07, 6.45) is -4.33. The van der Waals surface area contributed by atoms with Crippen LogP contribution in [0.3, 0.4) is 0 Å². The molecular formula is C19H15F4N3OS. The molecule has 9 heteroatoms. The number of hydrogen-bond acceptors (Lipinski definition) is 4. The van der Waals surface area contributed by atoms with E-state index >= 15 is 0 Å². The molecule has 0 bridgehead atoms. The first-order chi connectivity index (χ1) is 13.3. The highest BCUT2D eigenvalue weighted by molar-refractivity contribution is 7.13. The SMILES string of the molecule is O=c1[nH]c(-c2cccs2)nc2c1CCN(Cc1cccc(C(F)(F)F)c1F)C2. The smallest absolute Gasteiger partial charge is 0.306 e. The van der Waals surface area contributed by atoms with E-state index in [1.54, 1.807) is 4.90 Å². The number of halogens is 4. The molecule has 0 amide bonds. The Labute approximate surface area is 161 Å². The van der Waals surface area contributed by atoms with Gasteiger partial charge in [-0.25, -0.2) is 9.37 Å². The maximum absolute atomic E-state index is 14.3. The summed E-state index contributed by atoms with van der Waals surface area (Å²) in [7, 11) is 0. The van der Waals surface area contributed by atoms with Gasteiger partial charge in [0.1, 0.15) is 5.82 Å². The van der Waals surface area contributed by atoms with E-state index in [0.29, 0.717) is 30.0 Å². The summed E-state index contributed by atoms with van der Waals surface area (Å²) in [5.74, 6) is -0.787. The Kier molecular flexibility index (Phi) is 4.80. The maximum atomic E-state index is 14.3. The second-order valence-electron chi connectivity index (χ2n) is 6.55. The molecule has 0 atom stereocenters. The zero-order valence-corrected chi connectivity index (χ0v) is 15.3. The summed E-state index contributed by atoms with van der Waals surface area (Å²) < 4.78 is 53.1. The van der Waals surface area contributed by atoms with E-state index in [1.165, 1.54) is 23.5 Å². The van der Waals surface area contributed by atoms with Gasteiger partial charge in [0.15, 0.2) is 5.82 Å². The summed E-state index contributed by atoms with van der Waals surface area (Å²) in [4.78, 5) is 22.3. The fraction of sp³-hybridized carbons (Fsp3) is 0.263. The van der Waals surface area contributed by atoms with Crippen LogP contribution in [0.25, 0.3) is 10.7 Å². The van der Waals surface area contributed by atoms with Gasteiger partial charge in [0.25, 0.3) is 5.56 Å². The van der Waals surface area contributed by atoms with Gasteiger partial charge in [-0.05, 0) is 23.9 Å². The van der Waals surface area contributed by atoms with Gasteiger partial charge in [-0.1, -0.05) is 18.2 Å². The van der Waals surface area contributed by atoms with Gasteiger partial charge < -0.3 is 4.98 Å². The fourth-order valence-electron chi connectivity index (χ4n) is 3.32. The minimum absolute atomic E-state index is 0.0119. The minimum Gasteiger partial charge on any atom is -0.306 e. The van der Waals surface area contributed by atoms with Gasteiger partial charge in [-0.3, -0.25) is 9.69 Å². The molecule has 4 rings (SSSR count). The van der Waals surface area contributed by atoms with Crippen molar-refractivity contribution in [2.24, 2.45) is 0 Å². The largest absolute Gasteiger partial charge is 0.419 e. The normalized spacial score (nSPS) is 14.9. The molecule has 1 aromatic carbocycles. The first-order valence-electron chi connectivity index (χ1n) is 8.56. The van der Waals surface area contributed by atoms with E-state index < -0.39 is 17.6 Å². The third-order valence-corrected chi connectivity index (χ3v) is 5.56. The predicted molar refractivity (Wildman–Crippen MR) is 97.4 cm³/mol. The van der Waals surface area contributed by atoms with E-state index in [9.17, 15) is 22.4 Å². The van der Waals surface area contributed by atoms with Crippen LogP contribution < -0.4 is 5.56 Å². The number of hydrogen-bond donors (Lipinski definition) is 1. The topological polar surface area (TPSA) is 49.0 Å². The lowest BCUT2D eigenvalue weighted by molar-refractivity contribution is -0.140. The Morgan fingerprint density at radius 1 is 1.21 bits per heavy atom. The lowest BCUT2D eigenvalue weighted by Crippen LogP contribution is -2.35. The molecule has 0 unspecified atom stereocenters. The molecule has 1 aliphatic rings. The second kappa shape index (κ2) is 7.14. The molecule has 0 aliphatic carbocycles. The summed E-state index contributed by atoms with van der Waals surface area (Å²) >= 11 is 1.44. The number of nitrogens with zero attached hydrogens (tertiary/aromatic N) is 2. The molecule has 0 radical (unpaired) electrons. The Bertz CT molecular complexity index is 1060. The third kappa shape index (κ3) is 3.59. The van der Waals surface area contributed by atoms with Crippen LogP contribution in [0.4, 0.5) is 17.6 Å². The Balaban J connectivity index is 1.61. The van der Waals surface area contributed by atoms with Gasteiger partial charge in [0.05, 0.1) is 16.1 Å². The van der Waals surface area contributed by atoms with Crippen molar-refractivity contribution < 1.29 is 17.6 Å². The van der Waals surface area contributed by atoms with Crippen LogP contribution in [0, 0.1) is 5.82 Å². The van der Waals surface area contributed by atoms with Crippen molar-refractivity contribution in [2.45, 2.75) is 25.7 Å². The molecule has 0 spiro atoms. The van der Waals surface area contributed by atoms with Crippen molar-refractivity contribution >= 4 is 11.3 Å². The van der Waals surface area contributed by atoms with Crippen molar-refractivity contribution in [3.8, 4) is 10.7 Å². The highest BCUT2D eigenvalue weighted by Crippen LogP contribution is 2.33. The van der Waals surface area contributed by atoms with E-state index in [1.807, 2.05) is 17.5 Å². The Morgan fingerprint density at radius 3 is 2.75 bits per heavy atom. The average Bonchev–Trinajstić information content (AvgIpc) is 3.17. The van der Waals surface area contributed by atoms with Crippen molar-refractivity contribution in [1.29, 1.82) is 0 Å². The molecule has 3 aromatic rings. The fourth-order valence-corrected chi connectivity index (χ4v) is 3.99. The number of nitrogens with one attached hydrogen (secondary N) is 1. The summed E-state index contributed by atoms with van der Waals surface area (Å²) in [6.45, 7) is 0.719. The zero-order valence-electron chi connectivity index (χ0n) is 14.5. The lowest BCUT2D eigenvalue weighted by atomic mass is 10.0. The van der Waals surface area contributed by atoms with E-state index in [4.69, 9.17) is 0 Å². The van der Waals surface area contributed by atoms with Gasteiger partial charge in [0, 0.05) is 30.8 Å². The summed E-state index contributed by atoms with van der Waals surface area (Å²) in [6, 6.07) is 6.98. The molecule has 2 aromatic heterocycles. The minimum atomic E-state index is -4.74. The molecule has 3 heterocycles. The van der Waals surface area contributed by atoms with Crippen molar-refractivity contribution in [1.82, 2.24) is 14.9 Å². The summed E-state index contributed by atoms with van der Waals surface area (Å²) in [5, 5.41) is 1.87. The van der Waals surface area contributed by atoms with Crippen molar-refractivity contribution in [3.63, 3.8) is 0 Å². The number of H-pyrrole nitrogens is 1. The number of aromatic amines is 1. The third-order valence-electron chi connectivity index (χ3n) is 4.69. The van der Waals surface area contributed by atoms with Crippen LogP contribution in [0.5, 0.6) is 0 Å².